The molecule has 0 amide bonds. The van der Waals surface area contributed by atoms with Crippen molar-refractivity contribution in [3.05, 3.63) is 41.2 Å². The molecule has 1 aromatic carbocycles. The van der Waals surface area contributed by atoms with Crippen LogP contribution in [0.5, 0.6) is 0 Å². The number of benzene rings is 1. The first-order valence-corrected chi connectivity index (χ1v) is 5.20. The molecule has 1 aromatic rings. The fourth-order valence-corrected chi connectivity index (χ4v) is 1.31. The predicted octanol–water partition coefficient (Wildman–Crippen LogP) is 2.19. The van der Waals surface area contributed by atoms with Crippen molar-refractivity contribution in [1.82, 2.24) is 0 Å². The van der Waals surface area contributed by atoms with Crippen LogP contribution in [0.3, 0.4) is 0 Å². The number of esters is 2. The van der Waals surface area contributed by atoms with Crippen molar-refractivity contribution in [3.63, 3.8) is 0 Å². The average Bonchev–Trinajstić information content (AvgIpc) is 2.39. The van der Waals surface area contributed by atoms with Crippen LogP contribution >= 0.6 is 0 Å². The Balaban J connectivity index is 2.90. The first-order valence-electron chi connectivity index (χ1n) is 5.20. The van der Waals surface area contributed by atoms with Crippen molar-refractivity contribution in [3.8, 4) is 0 Å². The number of hydrogen-bond donors (Lipinski definition) is 0. The van der Waals surface area contributed by atoms with E-state index in [1.807, 2.05) is 0 Å². The third kappa shape index (κ3) is 3.41. The zero-order chi connectivity index (χ0) is 13.5. The van der Waals surface area contributed by atoms with Gasteiger partial charge in [-0.05, 0) is 6.07 Å². The van der Waals surface area contributed by atoms with Gasteiger partial charge in [0.15, 0.2) is 0 Å². The summed E-state index contributed by atoms with van der Waals surface area (Å²) >= 11 is 0. The Bertz CT molecular complexity index is 480. The molecular formula is C13H13FO4. The van der Waals surface area contributed by atoms with Crippen LogP contribution < -0.4 is 0 Å². The summed E-state index contributed by atoms with van der Waals surface area (Å²) in [6.45, 7) is 0. The number of carbonyl (C=O) groups excluding carboxylic acids is 2. The quantitative estimate of drug-likeness (QED) is 0.771. The van der Waals surface area contributed by atoms with E-state index in [1.165, 1.54) is 44.6 Å². The van der Waals surface area contributed by atoms with Crippen molar-refractivity contribution in [2.24, 2.45) is 0 Å². The van der Waals surface area contributed by atoms with Gasteiger partial charge in [-0.3, -0.25) is 4.79 Å². The molecule has 0 radical (unpaired) electrons. The van der Waals surface area contributed by atoms with Gasteiger partial charge in [0.2, 0.25) is 0 Å². The summed E-state index contributed by atoms with van der Waals surface area (Å²) in [5, 5.41) is 0. The van der Waals surface area contributed by atoms with E-state index in [0.717, 1.165) is 0 Å². The van der Waals surface area contributed by atoms with Gasteiger partial charge in [-0.15, -0.1) is 0 Å². The first kappa shape index (κ1) is 13.9. The van der Waals surface area contributed by atoms with Crippen molar-refractivity contribution in [1.29, 1.82) is 0 Å². The van der Waals surface area contributed by atoms with Gasteiger partial charge in [0.25, 0.3) is 0 Å². The second-order valence-corrected chi connectivity index (χ2v) is 3.38. The van der Waals surface area contributed by atoms with Gasteiger partial charge in [0.05, 0.1) is 26.2 Å². The number of rotatable bonds is 4. The lowest BCUT2D eigenvalue weighted by Crippen LogP contribution is -2.05. The molecule has 0 heterocycles. The lowest BCUT2D eigenvalue weighted by molar-refractivity contribution is -0.139. The largest absolute Gasteiger partial charge is 0.469 e. The number of methoxy groups -OCH3 is 2. The monoisotopic (exact) mass is 252 g/mol. The average molecular weight is 252 g/mol. The second kappa shape index (κ2) is 6.54. The zero-order valence-electron chi connectivity index (χ0n) is 10.1. The molecule has 0 atom stereocenters. The summed E-state index contributed by atoms with van der Waals surface area (Å²) in [6, 6.07) is 4.36. The predicted molar refractivity (Wildman–Crippen MR) is 63.4 cm³/mol. The van der Waals surface area contributed by atoms with Crippen LogP contribution in [0.4, 0.5) is 4.39 Å². The minimum absolute atomic E-state index is 0.0401. The fourth-order valence-electron chi connectivity index (χ4n) is 1.31. The Morgan fingerprint density at radius 2 is 2.00 bits per heavy atom. The first-order chi connectivity index (χ1) is 8.60. The second-order valence-electron chi connectivity index (χ2n) is 3.38. The lowest BCUT2D eigenvalue weighted by atomic mass is 10.1. The van der Waals surface area contributed by atoms with Gasteiger partial charge in [0.1, 0.15) is 5.82 Å². The summed E-state index contributed by atoms with van der Waals surface area (Å²) in [5.74, 6) is -1.84. The van der Waals surface area contributed by atoms with E-state index in [1.54, 1.807) is 0 Å². The molecule has 4 nitrogen and oxygen atoms in total. The van der Waals surface area contributed by atoms with E-state index >= 15 is 0 Å². The maximum absolute atomic E-state index is 13.8. The van der Waals surface area contributed by atoms with Crippen molar-refractivity contribution < 1.29 is 23.5 Å². The Kier molecular flexibility index (Phi) is 5.05. The van der Waals surface area contributed by atoms with Gasteiger partial charge in [-0.25, -0.2) is 9.18 Å². The number of ether oxygens (including phenoxy) is 2. The molecule has 0 saturated heterocycles. The molecule has 0 fully saturated rings. The SMILES string of the molecule is COC(=O)CC=Cc1cccc(C(=O)OC)c1F. The van der Waals surface area contributed by atoms with Gasteiger partial charge >= 0.3 is 11.9 Å². The Morgan fingerprint density at radius 1 is 1.28 bits per heavy atom. The molecule has 0 aliphatic heterocycles. The molecule has 96 valence electrons. The summed E-state index contributed by atoms with van der Waals surface area (Å²) in [6.07, 6.45) is 2.92. The summed E-state index contributed by atoms with van der Waals surface area (Å²) in [7, 11) is 2.45. The third-order valence-electron chi connectivity index (χ3n) is 2.24. The van der Waals surface area contributed by atoms with Crippen LogP contribution in [0.15, 0.2) is 24.3 Å². The van der Waals surface area contributed by atoms with Crippen LogP contribution in [0, 0.1) is 5.82 Å². The number of halogens is 1. The van der Waals surface area contributed by atoms with E-state index in [2.05, 4.69) is 9.47 Å². The zero-order valence-corrected chi connectivity index (χ0v) is 10.1. The molecule has 0 bridgehead atoms. The van der Waals surface area contributed by atoms with Crippen LogP contribution in [-0.2, 0) is 14.3 Å². The normalized spacial score (nSPS) is 10.4. The molecule has 1 rings (SSSR count). The number of hydrogen-bond acceptors (Lipinski definition) is 4. The van der Waals surface area contributed by atoms with Gasteiger partial charge < -0.3 is 9.47 Å². The summed E-state index contributed by atoms with van der Waals surface area (Å²) in [5.41, 5.74) is 0.0690. The highest BCUT2D eigenvalue weighted by Crippen LogP contribution is 2.15. The highest BCUT2D eigenvalue weighted by Gasteiger charge is 2.13. The van der Waals surface area contributed by atoms with Crippen LogP contribution in [0.1, 0.15) is 22.3 Å². The van der Waals surface area contributed by atoms with Crippen molar-refractivity contribution >= 4 is 18.0 Å². The standard InChI is InChI=1S/C13H13FO4/c1-17-11(15)8-4-6-9-5-3-7-10(12(9)14)13(16)18-2/h3-7H,8H2,1-2H3. The number of carbonyl (C=O) groups is 2. The highest BCUT2D eigenvalue weighted by atomic mass is 19.1. The minimum Gasteiger partial charge on any atom is -0.469 e. The summed E-state index contributed by atoms with van der Waals surface area (Å²) < 4.78 is 22.7. The molecule has 0 spiro atoms. The van der Waals surface area contributed by atoms with Gasteiger partial charge in [-0.1, -0.05) is 24.3 Å². The van der Waals surface area contributed by atoms with Crippen molar-refractivity contribution in [2.45, 2.75) is 6.42 Å². The highest BCUT2D eigenvalue weighted by molar-refractivity contribution is 5.90. The third-order valence-corrected chi connectivity index (χ3v) is 2.24. The smallest absolute Gasteiger partial charge is 0.340 e. The molecule has 0 aliphatic carbocycles. The maximum atomic E-state index is 13.8. The Morgan fingerprint density at radius 3 is 2.61 bits per heavy atom. The van der Waals surface area contributed by atoms with Gasteiger partial charge in [-0.2, -0.15) is 0 Å². The molecular weight excluding hydrogens is 239 g/mol. The van der Waals surface area contributed by atoms with Crippen molar-refractivity contribution in [2.75, 3.05) is 14.2 Å². The van der Waals surface area contributed by atoms with Crippen LogP contribution in [0.2, 0.25) is 0 Å². The molecule has 0 saturated carbocycles. The minimum atomic E-state index is -0.740. The Labute approximate surface area is 104 Å². The van der Waals surface area contributed by atoms with E-state index in [-0.39, 0.29) is 17.5 Å². The Hall–Kier alpha value is -2.17. The van der Waals surface area contributed by atoms with E-state index in [9.17, 15) is 14.0 Å². The molecule has 0 aromatic heterocycles. The molecule has 0 unspecified atom stereocenters. The van der Waals surface area contributed by atoms with E-state index < -0.39 is 17.8 Å². The van der Waals surface area contributed by atoms with E-state index in [0.29, 0.717) is 0 Å². The molecule has 0 N–H and O–H groups in total. The maximum Gasteiger partial charge on any atom is 0.340 e. The van der Waals surface area contributed by atoms with E-state index in [4.69, 9.17) is 0 Å². The van der Waals surface area contributed by atoms with Crippen LogP contribution in [-0.4, -0.2) is 26.2 Å². The molecule has 0 aliphatic rings. The molecule has 18 heavy (non-hydrogen) atoms. The lowest BCUT2D eigenvalue weighted by Gasteiger charge is -2.03. The van der Waals surface area contributed by atoms with Crippen LogP contribution in [0.25, 0.3) is 6.08 Å². The topological polar surface area (TPSA) is 52.6 Å². The van der Waals surface area contributed by atoms with Gasteiger partial charge in [0, 0.05) is 5.56 Å². The molecule has 5 heteroatoms. The fraction of sp³-hybridized carbons (Fsp3) is 0.231. The summed E-state index contributed by atoms with van der Waals surface area (Å²) in [4.78, 5) is 22.1.